The zero-order valence-electron chi connectivity index (χ0n) is 11.6. The van der Waals surface area contributed by atoms with Crippen LogP contribution in [0.5, 0.6) is 0 Å². The van der Waals surface area contributed by atoms with Crippen LogP contribution in [-0.4, -0.2) is 17.4 Å². The van der Waals surface area contributed by atoms with Gasteiger partial charge in [0, 0.05) is 18.3 Å². The van der Waals surface area contributed by atoms with Crippen molar-refractivity contribution in [3.05, 3.63) is 47.5 Å². The monoisotopic (exact) mass is 278 g/mol. The predicted molar refractivity (Wildman–Crippen MR) is 74.8 cm³/mol. The molecule has 1 aromatic carbocycles. The van der Waals surface area contributed by atoms with Gasteiger partial charge in [0.15, 0.2) is 0 Å². The van der Waals surface area contributed by atoms with Crippen molar-refractivity contribution in [2.75, 3.05) is 0 Å². The maximum Gasteiger partial charge on any atom is 0.269 e. The standard InChI is InChI=1S/C14H18N2O2S/c1-10(2)14-15-7-8-16(14)19(17,18)13-6-5-11(3)12(4)9-13/h5-10H,1-4H3. The molecule has 1 heterocycles. The number of rotatable bonds is 3. The molecular formula is C14H18N2O2S. The van der Waals surface area contributed by atoms with Gasteiger partial charge >= 0.3 is 0 Å². The molecule has 0 aliphatic carbocycles. The topological polar surface area (TPSA) is 52.0 Å². The summed E-state index contributed by atoms with van der Waals surface area (Å²) in [6.45, 7) is 7.72. The molecule has 5 heteroatoms. The fourth-order valence-corrected chi connectivity index (χ4v) is 3.41. The van der Waals surface area contributed by atoms with Gasteiger partial charge in [0.2, 0.25) is 0 Å². The molecule has 19 heavy (non-hydrogen) atoms. The lowest BCUT2D eigenvalue weighted by molar-refractivity contribution is 0.581. The van der Waals surface area contributed by atoms with Crippen LogP contribution in [0.4, 0.5) is 0 Å². The Kier molecular flexibility index (Phi) is 3.49. The summed E-state index contributed by atoms with van der Waals surface area (Å²) in [6, 6.07) is 5.17. The van der Waals surface area contributed by atoms with Crippen LogP contribution in [0.1, 0.15) is 36.7 Å². The second kappa shape index (κ2) is 4.81. The van der Waals surface area contributed by atoms with Crippen molar-refractivity contribution >= 4 is 10.0 Å². The lowest BCUT2D eigenvalue weighted by Crippen LogP contribution is -2.16. The van der Waals surface area contributed by atoms with Gasteiger partial charge in [0.05, 0.1) is 4.90 Å². The smallest absolute Gasteiger partial charge is 0.240 e. The molecule has 0 amide bonds. The largest absolute Gasteiger partial charge is 0.269 e. The fraction of sp³-hybridized carbons (Fsp3) is 0.357. The number of nitrogens with zero attached hydrogens (tertiary/aromatic N) is 2. The van der Waals surface area contributed by atoms with Crippen molar-refractivity contribution in [2.45, 2.75) is 38.5 Å². The predicted octanol–water partition coefficient (Wildman–Crippen LogP) is 2.86. The Hall–Kier alpha value is -1.62. The number of aromatic nitrogens is 2. The van der Waals surface area contributed by atoms with Gasteiger partial charge < -0.3 is 0 Å². The van der Waals surface area contributed by atoms with Gasteiger partial charge in [0.25, 0.3) is 10.0 Å². The minimum absolute atomic E-state index is 0.0521. The van der Waals surface area contributed by atoms with E-state index < -0.39 is 10.0 Å². The van der Waals surface area contributed by atoms with Crippen LogP contribution in [0.25, 0.3) is 0 Å². The van der Waals surface area contributed by atoms with Crippen molar-refractivity contribution in [3.63, 3.8) is 0 Å². The number of imidazole rings is 1. The summed E-state index contributed by atoms with van der Waals surface area (Å²) in [4.78, 5) is 4.43. The van der Waals surface area contributed by atoms with Gasteiger partial charge in [-0.05, 0) is 37.1 Å². The second-order valence-corrected chi connectivity index (χ2v) is 6.80. The summed E-state index contributed by atoms with van der Waals surface area (Å²) in [5.74, 6) is 0.606. The van der Waals surface area contributed by atoms with Crippen LogP contribution in [0.3, 0.4) is 0 Å². The van der Waals surface area contributed by atoms with Crippen molar-refractivity contribution in [3.8, 4) is 0 Å². The number of hydrogen-bond acceptors (Lipinski definition) is 3. The highest BCUT2D eigenvalue weighted by atomic mass is 32.2. The van der Waals surface area contributed by atoms with Crippen LogP contribution < -0.4 is 0 Å². The average molecular weight is 278 g/mol. The summed E-state index contributed by atoms with van der Waals surface area (Å²) in [5, 5.41) is 0. The average Bonchev–Trinajstić information content (AvgIpc) is 2.82. The highest BCUT2D eigenvalue weighted by molar-refractivity contribution is 7.90. The SMILES string of the molecule is Cc1ccc(S(=O)(=O)n2ccnc2C(C)C)cc1C. The van der Waals surface area contributed by atoms with E-state index in [4.69, 9.17) is 0 Å². The van der Waals surface area contributed by atoms with E-state index in [9.17, 15) is 8.42 Å². The molecule has 0 bridgehead atoms. The third-order valence-electron chi connectivity index (χ3n) is 3.19. The molecule has 0 aliphatic heterocycles. The fourth-order valence-electron chi connectivity index (χ4n) is 1.90. The maximum atomic E-state index is 12.6. The molecule has 0 fully saturated rings. The van der Waals surface area contributed by atoms with E-state index in [1.165, 1.54) is 16.4 Å². The van der Waals surface area contributed by atoms with Gasteiger partial charge in [-0.1, -0.05) is 19.9 Å². The van der Waals surface area contributed by atoms with E-state index in [0.717, 1.165) is 11.1 Å². The molecule has 0 saturated heterocycles. The molecule has 102 valence electrons. The number of benzene rings is 1. The molecule has 0 radical (unpaired) electrons. The molecular weight excluding hydrogens is 260 g/mol. The number of hydrogen-bond donors (Lipinski definition) is 0. The Morgan fingerprint density at radius 3 is 2.42 bits per heavy atom. The van der Waals surface area contributed by atoms with E-state index in [0.29, 0.717) is 10.7 Å². The number of aryl methyl sites for hydroxylation is 2. The summed E-state index contributed by atoms with van der Waals surface area (Å²) in [5.41, 5.74) is 2.04. The van der Waals surface area contributed by atoms with Gasteiger partial charge in [0.1, 0.15) is 5.82 Å². The van der Waals surface area contributed by atoms with Crippen molar-refractivity contribution in [1.82, 2.24) is 8.96 Å². The molecule has 2 rings (SSSR count). The van der Waals surface area contributed by atoms with Crippen LogP contribution in [0.15, 0.2) is 35.5 Å². The van der Waals surface area contributed by atoms with E-state index >= 15 is 0 Å². The van der Waals surface area contributed by atoms with E-state index in [2.05, 4.69) is 4.98 Å². The first-order valence-electron chi connectivity index (χ1n) is 6.20. The van der Waals surface area contributed by atoms with Gasteiger partial charge in [-0.3, -0.25) is 0 Å². The third-order valence-corrected chi connectivity index (χ3v) is 4.86. The van der Waals surface area contributed by atoms with Crippen LogP contribution in [-0.2, 0) is 10.0 Å². The summed E-state index contributed by atoms with van der Waals surface area (Å²) >= 11 is 0. The molecule has 0 atom stereocenters. The molecule has 0 spiro atoms. The molecule has 0 saturated carbocycles. The molecule has 0 aliphatic rings. The summed E-state index contributed by atoms with van der Waals surface area (Å²) < 4.78 is 26.5. The second-order valence-electron chi connectivity index (χ2n) is 4.99. The zero-order valence-corrected chi connectivity index (χ0v) is 12.4. The molecule has 1 aromatic heterocycles. The minimum Gasteiger partial charge on any atom is -0.240 e. The van der Waals surface area contributed by atoms with Crippen LogP contribution >= 0.6 is 0 Å². The normalized spacial score (nSPS) is 12.1. The highest BCUT2D eigenvalue weighted by Crippen LogP contribution is 2.21. The Morgan fingerprint density at radius 2 is 1.84 bits per heavy atom. The summed E-state index contributed by atoms with van der Waals surface area (Å²) in [6.07, 6.45) is 3.02. The highest BCUT2D eigenvalue weighted by Gasteiger charge is 2.21. The maximum absolute atomic E-state index is 12.6. The summed E-state index contributed by atoms with van der Waals surface area (Å²) in [7, 11) is -3.56. The van der Waals surface area contributed by atoms with Gasteiger partial charge in [-0.15, -0.1) is 0 Å². The lowest BCUT2D eigenvalue weighted by atomic mass is 10.1. The zero-order chi connectivity index (χ0) is 14.2. The minimum atomic E-state index is -3.56. The van der Waals surface area contributed by atoms with Crippen LogP contribution in [0.2, 0.25) is 0 Å². The Balaban J connectivity index is 2.59. The molecule has 0 N–H and O–H groups in total. The Morgan fingerprint density at radius 1 is 1.16 bits per heavy atom. The van der Waals surface area contributed by atoms with Crippen molar-refractivity contribution in [2.24, 2.45) is 0 Å². The first kappa shape index (κ1) is 13.8. The quantitative estimate of drug-likeness (QED) is 0.867. The van der Waals surface area contributed by atoms with Gasteiger partial charge in [-0.2, -0.15) is 0 Å². The molecule has 0 unspecified atom stereocenters. The Labute approximate surface area is 114 Å². The van der Waals surface area contributed by atoms with E-state index in [1.807, 2.05) is 33.8 Å². The first-order valence-corrected chi connectivity index (χ1v) is 7.64. The molecule has 2 aromatic rings. The lowest BCUT2D eigenvalue weighted by Gasteiger charge is -2.12. The van der Waals surface area contributed by atoms with Crippen LogP contribution in [0, 0.1) is 13.8 Å². The molecule has 4 nitrogen and oxygen atoms in total. The first-order chi connectivity index (χ1) is 8.84. The van der Waals surface area contributed by atoms with E-state index in [1.54, 1.807) is 12.1 Å². The van der Waals surface area contributed by atoms with Gasteiger partial charge in [-0.25, -0.2) is 17.4 Å². The van der Waals surface area contributed by atoms with Crippen molar-refractivity contribution in [1.29, 1.82) is 0 Å². The van der Waals surface area contributed by atoms with E-state index in [-0.39, 0.29) is 5.92 Å². The Bertz CT molecular complexity index is 700. The third kappa shape index (κ3) is 2.42. The van der Waals surface area contributed by atoms with Crippen molar-refractivity contribution < 1.29 is 8.42 Å².